The monoisotopic (exact) mass is 551 g/mol. The number of carbonyl (C=O) groups excluding carboxylic acids is 1. The molecule has 39 heavy (non-hydrogen) atoms. The van der Waals surface area contributed by atoms with Gasteiger partial charge in [0.1, 0.15) is 12.6 Å². The lowest BCUT2D eigenvalue weighted by atomic mass is 9.94. The molecule has 204 valence electrons. The first-order valence-corrected chi connectivity index (χ1v) is 13.3. The first kappa shape index (κ1) is 27.8. The summed E-state index contributed by atoms with van der Waals surface area (Å²) >= 11 is 1.17. The number of allylic oxidation sites excluding steroid dienone is 1. The van der Waals surface area contributed by atoms with Crippen LogP contribution in [-0.2, 0) is 16.1 Å². The maximum absolute atomic E-state index is 13.2. The number of nitro benzene ring substituents is 1. The summed E-state index contributed by atoms with van der Waals surface area (Å²) in [5, 5.41) is 12.3. The number of aromatic nitrogens is 1. The van der Waals surface area contributed by atoms with Crippen LogP contribution >= 0.6 is 11.3 Å². The van der Waals surface area contributed by atoms with Gasteiger partial charge in [-0.1, -0.05) is 47.2 Å². The number of rotatable bonds is 9. The van der Waals surface area contributed by atoms with Gasteiger partial charge in [-0.05, 0) is 46.2 Å². The number of nitrogens with zero attached hydrogens (tertiary/aromatic N) is 3. The molecule has 0 unspecified atom stereocenters. The predicted molar refractivity (Wildman–Crippen MR) is 147 cm³/mol. The molecule has 0 radical (unpaired) electrons. The average molecular weight is 552 g/mol. The molecule has 0 aliphatic carbocycles. The third-order valence-electron chi connectivity index (χ3n) is 6.09. The standard InChI is InChI=1S/C28H29N3O7S/c1-6-36-21-13-19(20(31(34)35)14-22(21)38-15-18-11-9-8-10-12-18)24-23(27(33)37-7-2)17(5)30-26(32)25(16(3)4)39-28(30)29-24/h8-14,24H,6-7,15H2,1-5H3/t24-/m0/s1. The Bertz CT molecular complexity index is 1630. The molecule has 0 fully saturated rings. The molecule has 1 aliphatic rings. The van der Waals surface area contributed by atoms with Crippen LogP contribution in [0.4, 0.5) is 5.69 Å². The number of nitro groups is 1. The number of thiazole rings is 1. The van der Waals surface area contributed by atoms with E-state index in [1.807, 2.05) is 44.2 Å². The van der Waals surface area contributed by atoms with Crippen molar-refractivity contribution in [2.45, 2.75) is 47.3 Å². The minimum atomic E-state index is -1.10. The molecule has 0 spiro atoms. The fourth-order valence-corrected chi connectivity index (χ4v) is 5.34. The molecule has 2 heterocycles. The quantitative estimate of drug-likeness (QED) is 0.222. The van der Waals surface area contributed by atoms with E-state index in [0.29, 0.717) is 15.0 Å². The van der Waals surface area contributed by atoms with Crippen molar-refractivity contribution in [1.29, 1.82) is 0 Å². The summed E-state index contributed by atoms with van der Waals surface area (Å²) in [5.74, 6) is -0.238. The van der Waals surface area contributed by atoms with E-state index in [1.54, 1.807) is 20.8 Å². The molecule has 11 heteroatoms. The summed E-state index contributed by atoms with van der Waals surface area (Å²) in [6, 6.07) is 11.1. The third-order valence-corrected chi connectivity index (χ3v) is 7.35. The van der Waals surface area contributed by atoms with Crippen LogP contribution in [0.1, 0.15) is 51.8 Å². The van der Waals surface area contributed by atoms with Gasteiger partial charge in [-0.3, -0.25) is 19.5 Å². The molecule has 1 aromatic heterocycles. The Morgan fingerprint density at radius 3 is 2.41 bits per heavy atom. The Morgan fingerprint density at radius 1 is 1.10 bits per heavy atom. The average Bonchev–Trinajstić information content (AvgIpc) is 3.25. The summed E-state index contributed by atoms with van der Waals surface area (Å²) in [6.45, 7) is 9.23. The van der Waals surface area contributed by atoms with Crippen molar-refractivity contribution in [3.05, 3.63) is 89.0 Å². The van der Waals surface area contributed by atoms with Gasteiger partial charge in [-0.15, -0.1) is 0 Å². The van der Waals surface area contributed by atoms with E-state index < -0.39 is 16.9 Å². The van der Waals surface area contributed by atoms with E-state index in [-0.39, 0.29) is 53.7 Å². The van der Waals surface area contributed by atoms with Gasteiger partial charge in [-0.2, -0.15) is 0 Å². The number of carbonyl (C=O) groups is 1. The van der Waals surface area contributed by atoms with Gasteiger partial charge >= 0.3 is 5.97 Å². The molecule has 0 bridgehead atoms. The van der Waals surface area contributed by atoms with Crippen LogP contribution < -0.4 is 24.4 Å². The van der Waals surface area contributed by atoms with Crippen molar-refractivity contribution in [1.82, 2.24) is 4.57 Å². The van der Waals surface area contributed by atoms with E-state index in [9.17, 15) is 19.7 Å². The van der Waals surface area contributed by atoms with E-state index in [0.717, 1.165) is 11.1 Å². The second kappa shape index (κ2) is 11.6. The SMILES string of the molecule is CCOC(=O)C1=C(C)n2c(sc(=C(C)C)c2=O)=N[C@H]1c1cc(OCC)c(OCc2ccccc2)cc1[N+](=O)[O-]. The van der Waals surface area contributed by atoms with Crippen molar-refractivity contribution >= 4 is 34.3 Å². The van der Waals surface area contributed by atoms with Crippen molar-refractivity contribution in [2.24, 2.45) is 4.99 Å². The topological polar surface area (TPSA) is 122 Å². The molecular weight excluding hydrogens is 522 g/mol. The van der Waals surface area contributed by atoms with E-state index in [2.05, 4.69) is 0 Å². The molecule has 0 N–H and O–H groups in total. The Hall–Kier alpha value is -4.25. The Balaban J connectivity index is 1.95. The Kier molecular flexibility index (Phi) is 8.29. The molecule has 0 saturated heterocycles. The zero-order valence-corrected chi connectivity index (χ0v) is 23.2. The summed E-state index contributed by atoms with van der Waals surface area (Å²) in [4.78, 5) is 43.1. The third kappa shape index (κ3) is 5.49. The number of esters is 1. The van der Waals surface area contributed by atoms with Crippen molar-refractivity contribution in [3.8, 4) is 11.5 Å². The summed E-state index contributed by atoms with van der Waals surface area (Å²) in [7, 11) is 0. The first-order chi connectivity index (χ1) is 18.7. The van der Waals surface area contributed by atoms with E-state index >= 15 is 0 Å². The molecule has 1 aliphatic heterocycles. The second-order valence-corrected chi connectivity index (χ2v) is 9.91. The zero-order chi connectivity index (χ0) is 28.3. The van der Waals surface area contributed by atoms with E-state index in [4.69, 9.17) is 19.2 Å². The highest BCUT2D eigenvalue weighted by Crippen LogP contribution is 2.43. The lowest BCUT2D eigenvalue weighted by molar-refractivity contribution is -0.385. The van der Waals surface area contributed by atoms with Gasteiger partial charge < -0.3 is 14.2 Å². The number of benzene rings is 2. The fourth-order valence-electron chi connectivity index (χ4n) is 4.31. The van der Waals surface area contributed by atoms with Crippen LogP contribution in [0.5, 0.6) is 11.5 Å². The number of hydrogen-bond donors (Lipinski definition) is 0. The predicted octanol–water partition coefficient (Wildman–Crippen LogP) is 4.15. The number of hydrogen-bond acceptors (Lipinski definition) is 9. The van der Waals surface area contributed by atoms with Gasteiger partial charge in [-0.25, -0.2) is 9.79 Å². The normalized spacial score (nSPS) is 14.3. The smallest absolute Gasteiger partial charge is 0.338 e. The maximum Gasteiger partial charge on any atom is 0.338 e. The molecule has 3 aromatic rings. The van der Waals surface area contributed by atoms with Gasteiger partial charge in [0.15, 0.2) is 16.3 Å². The summed E-state index contributed by atoms with van der Waals surface area (Å²) < 4.78 is 18.9. The number of fused-ring (bicyclic) bond motifs is 1. The van der Waals surface area contributed by atoms with Gasteiger partial charge in [0.2, 0.25) is 0 Å². The van der Waals surface area contributed by atoms with Crippen molar-refractivity contribution in [3.63, 3.8) is 0 Å². The summed E-state index contributed by atoms with van der Waals surface area (Å²) in [6.07, 6.45) is 0. The minimum Gasteiger partial charge on any atom is -0.490 e. The van der Waals surface area contributed by atoms with Crippen LogP contribution in [0.15, 0.2) is 57.8 Å². The molecule has 0 amide bonds. The number of ether oxygens (including phenoxy) is 3. The van der Waals surface area contributed by atoms with E-state index in [1.165, 1.54) is 28.0 Å². The first-order valence-electron chi connectivity index (χ1n) is 12.4. The van der Waals surface area contributed by atoms with Gasteiger partial charge in [0.05, 0.1) is 39.9 Å². The lowest BCUT2D eigenvalue weighted by Gasteiger charge is -2.23. The molecule has 4 rings (SSSR count). The van der Waals surface area contributed by atoms with Crippen LogP contribution in [0.3, 0.4) is 0 Å². The molecular formula is C28H29N3O7S. The molecule has 0 saturated carbocycles. The van der Waals surface area contributed by atoms with Crippen LogP contribution in [0.25, 0.3) is 11.3 Å². The second-order valence-electron chi connectivity index (χ2n) is 8.93. The molecule has 10 nitrogen and oxygen atoms in total. The van der Waals surface area contributed by atoms with Gasteiger partial charge in [0.25, 0.3) is 11.2 Å². The van der Waals surface area contributed by atoms with Crippen LogP contribution in [0.2, 0.25) is 0 Å². The highest BCUT2D eigenvalue weighted by molar-refractivity contribution is 7.07. The summed E-state index contributed by atoms with van der Waals surface area (Å²) in [5.41, 5.74) is 1.58. The molecule has 2 aromatic carbocycles. The Labute approximate surface area is 228 Å². The highest BCUT2D eigenvalue weighted by atomic mass is 32.1. The molecule has 1 atom stereocenters. The largest absolute Gasteiger partial charge is 0.490 e. The zero-order valence-electron chi connectivity index (χ0n) is 22.3. The van der Waals surface area contributed by atoms with Crippen molar-refractivity contribution in [2.75, 3.05) is 13.2 Å². The fraction of sp³-hybridized carbons (Fsp3) is 0.321. The van der Waals surface area contributed by atoms with Crippen LogP contribution in [-0.4, -0.2) is 28.7 Å². The van der Waals surface area contributed by atoms with Gasteiger partial charge in [0, 0.05) is 5.70 Å². The highest BCUT2D eigenvalue weighted by Gasteiger charge is 2.36. The van der Waals surface area contributed by atoms with Crippen LogP contribution in [0, 0.1) is 10.1 Å². The lowest BCUT2D eigenvalue weighted by Crippen LogP contribution is -2.35. The Morgan fingerprint density at radius 2 is 1.79 bits per heavy atom. The maximum atomic E-state index is 13.2. The van der Waals surface area contributed by atoms with Crippen molar-refractivity contribution < 1.29 is 23.9 Å². The minimum absolute atomic E-state index is 0.0491.